The summed E-state index contributed by atoms with van der Waals surface area (Å²) in [7, 11) is -2.31. The van der Waals surface area contributed by atoms with Crippen LogP contribution in [0.3, 0.4) is 0 Å². The van der Waals surface area contributed by atoms with Gasteiger partial charge in [0.15, 0.2) is 0 Å². The van der Waals surface area contributed by atoms with Crippen LogP contribution in [0.4, 0.5) is 4.79 Å². The maximum absolute atomic E-state index is 14.7. The zero-order valence-electron chi connectivity index (χ0n) is 32.6. The number of aryl methyl sites for hydroxylation is 1. The van der Waals surface area contributed by atoms with Crippen molar-refractivity contribution in [2.24, 2.45) is 11.8 Å². The van der Waals surface area contributed by atoms with Crippen LogP contribution < -0.4 is 24.8 Å². The van der Waals surface area contributed by atoms with Crippen LogP contribution in [0.15, 0.2) is 30.4 Å². The van der Waals surface area contributed by atoms with Crippen molar-refractivity contribution in [1.82, 2.24) is 30.2 Å². The van der Waals surface area contributed by atoms with Gasteiger partial charge in [-0.15, -0.1) is 0 Å². The molecule has 16 heteroatoms. The van der Waals surface area contributed by atoms with Gasteiger partial charge < -0.3 is 29.7 Å². The van der Waals surface area contributed by atoms with Crippen molar-refractivity contribution in [2.75, 3.05) is 13.7 Å². The minimum absolute atomic E-state index is 0.00466. The van der Waals surface area contributed by atoms with Gasteiger partial charge in [0, 0.05) is 18.4 Å². The number of nitrogens with one attached hydrogen (secondary N) is 3. The molecule has 1 saturated heterocycles. The lowest BCUT2D eigenvalue weighted by molar-refractivity contribution is -0.141. The van der Waals surface area contributed by atoms with Gasteiger partial charge in [-0.25, -0.2) is 23.2 Å². The number of sulfonamides is 1. The van der Waals surface area contributed by atoms with E-state index in [0.717, 1.165) is 57.8 Å². The first kappa shape index (κ1) is 39.4. The third kappa shape index (κ3) is 8.70. The Bertz CT molecular complexity index is 2020. The number of carbonyl (C=O) groups excluding carboxylic acids is 4. The summed E-state index contributed by atoms with van der Waals surface area (Å²) >= 11 is 0. The standard InChI is InChI=1S/C41H54N6O9S/c1-54-27-17-20-30-33(21-27)43-37-31(42-30)14-9-5-6-11-25-12-10-16-35(25)56-40(51)44-32-15-8-4-2-3-7-13-26-23-41(26,39(50)46-57(52,53)29-18-19-29)45-36(48)34-22-28(55-37)24-47(34)38(32)49/h7,13,17,20-21,25-26,28-29,32,34-35H,2-6,8-12,14-16,18-19,22-24H2,1H3,(H,44,51)(H,45,48)(H,46,50). The van der Waals surface area contributed by atoms with Crippen LogP contribution in [0, 0.1) is 11.8 Å². The minimum Gasteiger partial charge on any atom is -0.497 e. The topological polar surface area (TPSA) is 195 Å². The molecular formula is C41H54N6O9S. The summed E-state index contributed by atoms with van der Waals surface area (Å²) in [4.78, 5) is 67.9. The first-order chi connectivity index (χ1) is 27.5. The first-order valence-corrected chi connectivity index (χ1v) is 22.4. The highest BCUT2D eigenvalue weighted by molar-refractivity contribution is 7.91. The smallest absolute Gasteiger partial charge is 0.408 e. The maximum atomic E-state index is 14.7. The number of amides is 4. The molecule has 1 aromatic carbocycles. The van der Waals surface area contributed by atoms with Gasteiger partial charge in [-0.2, -0.15) is 0 Å². The Morgan fingerprint density at radius 3 is 2.58 bits per heavy atom. The number of hydrogen-bond acceptors (Lipinski definition) is 11. The molecule has 7 unspecified atom stereocenters. The number of benzene rings is 1. The molecule has 7 atom stereocenters. The summed E-state index contributed by atoms with van der Waals surface area (Å²) in [6.45, 7) is 0.00466. The molecule has 3 N–H and O–H groups in total. The fourth-order valence-corrected chi connectivity index (χ4v) is 10.5. The van der Waals surface area contributed by atoms with E-state index in [1.165, 1.54) is 4.90 Å². The predicted octanol–water partition coefficient (Wildman–Crippen LogP) is 4.37. The minimum atomic E-state index is -3.89. The van der Waals surface area contributed by atoms with E-state index in [9.17, 15) is 27.6 Å². The van der Waals surface area contributed by atoms with Crippen molar-refractivity contribution in [3.05, 3.63) is 36.0 Å². The third-order valence-corrected chi connectivity index (χ3v) is 14.5. The highest BCUT2D eigenvalue weighted by Gasteiger charge is 2.62. The molecule has 1 aromatic heterocycles. The van der Waals surface area contributed by atoms with Gasteiger partial charge in [0.1, 0.15) is 41.3 Å². The highest BCUT2D eigenvalue weighted by atomic mass is 32.2. The van der Waals surface area contributed by atoms with E-state index >= 15 is 0 Å². The number of rotatable bonds is 4. The van der Waals surface area contributed by atoms with Crippen LogP contribution in [-0.2, 0) is 35.6 Å². The van der Waals surface area contributed by atoms with Crippen LogP contribution in [0.25, 0.3) is 11.0 Å². The predicted molar refractivity (Wildman–Crippen MR) is 209 cm³/mol. The molecule has 0 spiro atoms. The second-order valence-corrected chi connectivity index (χ2v) is 18.7. The summed E-state index contributed by atoms with van der Waals surface area (Å²) in [5.74, 6) is -1.08. The number of fused-ring (bicyclic) bond motifs is 6. The Kier molecular flexibility index (Phi) is 11.3. The molecule has 3 aliphatic carbocycles. The number of hydrogen-bond donors (Lipinski definition) is 3. The lowest BCUT2D eigenvalue weighted by atomic mass is 9.97. The van der Waals surface area contributed by atoms with Gasteiger partial charge in [0.2, 0.25) is 27.7 Å². The summed E-state index contributed by atoms with van der Waals surface area (Å²) in [5.41, 5.74) is 0.458. The van der Waals surface area contributed by atoms with Crippen LogP contribution in [0.2, 0.25) is 0 Å². The average Bonchev–Trinajstić information content (AvgIpc) is 4.08. The van der Waals surface area contributed by atoms with Gasteiger partial charge in [-0.3, -0.25) is 19.1 Å². The van der Waals surface area contributed by atoms with Crippen molar-refractivity contribution in [1.29, 1.82) is 0 Å². The zero-order valence-corrected chi connectivity index (χ0v) is 33.4. The molecule has 3 saturated carbocycles. The number of allylic oxidation sites excluding steroid dienone is 1. The van der Waals surface area contributed by atoms with Gasteiger partial charge in [0.05, 0.1) is 29.9 Å². The lowest BCUT2D eigenvalue weighted by Gasteiger charge is -2.30. The maximum Gasteiger partial charge on any atom is 0.408 e. The number of nitrogens with zero attached hydrogens (tertiary/aromatic N) is 3. The van der Waals surface area contributed by atoms with Crippen LogP contribution in [0.1, 0.15) is 108 Å². The molecule has 6 aliphatic rings. The summed E-state index contributed by atoms with van der Waals surface area (Å²) in [6, 6.07) is 3.42. The van der Waals surface area contributed by atoms with Crippen LogP contribution >= 0.6 is 0 Å². The molecule has 15 nitrogen and oxygen atoms in total. The molecular weight excluding hydrogens is 753 g/mol. The van der Waals surface area contributed by atoms with Crippen molar-refractivity contribution < 1.29 is 41.8 Å². The second kappa shape index (κ2) is 16.4. The monoisotopic (exact) mass is 806 g/mol. The number of ether oxygens (including phenoxy) is 3. The molecule has 4 amide bonds. The van der Waals surface area contributed by atoms with E-state index < -0.39 is 68.7 Å². The molecule has 0 radical (unpaired) electrons. The van der Waals surface area contributed by atoms with Gasteiger partial charge >= 0.3 is 6.09 Å². The van der Waals surface area contributed by atoms with Gasteiger partial charge in [0.25, 0.3) is 5.91 Å². The molecule has 4 fully saturated rings. The third-order valence-electron chi connectivity index (χ3n) is 12.7. The van der Waals surface area contributed by atoms with Crippen molar-refractivity contribution in [3.63, 3.8) is 0 Å². The Labute approximate surface area is 333 Å². The molecule has 308 valence electrons. The van der Waals surface area contributed by atoms with E-state index in [1.807, 2.05) is 24.3 Å². The summed E-state index contributed by atoms with van der Waals surface area (Å²) < 4.78 is 46.1. The Balaban J connectivity index is 1.14. The van der Waals surface area contributed by atoms with Crippen molar-refractivity contribution in [2.45, 2.75) is 144 Å². The average molecular weight is 807 g/mol. The fraction of sp³-hybridized carbons (Fsp3) is 0.659. The number of aromatic nitrogens is 2. The molecule has 4 heterocycles. The molecule has 2 aromatic rings. The van der Waals surface area contributed by atoms with Crippen molar-refractivity contribution >= 4 is 44.9 Å². The van der Waals surface area contributed by atoms with Gasteiger partial charge in [-0.05, 0) is 95.1 Å². The van der Waals surface area contributed by atoms with E-state index in [1.54, 1.807) is 13.2 Å². The van der Waals surface area contributed by atoms with E-state index in [2.05, 4.69) is 15.4 Å². The molecule has 57 heavy (non-hydrogen) atoms. The fourth-order valence-electron chi connectivity index (χ4n) is 9.12. The van der Waals surface area contributed by atoms with E-state index in [-0.39, 0.29) is 31.4 Å². The van der Waals surface area contributed by atoms with Crippen molar-refractivity contribution in [3.8, 4) is 11.6 Å². The number of alkyl carbamates (subject to hydrolysis) is 1. The number of carbonyl (C=O) groups is 4. The molecule has 8 rings (SSSR count). The Morgan fingerprint density at radius 1 is 0.947 bits per heavy atom. The normalized spacial score (nSPS) is 31.5. The Morgan fingerprint density at radius 2 is 1.75 bits per heavy atom. The van der Waals surface area contributed by atoms with Gasteiger partial charge in [-0.1, -0.05) is 37.8 Å². The largest absolute Gasteiger partial charge is 0.497 e. The zero-order chi connectivity index (χ0) is 39.7. The summed E-state index contributed by atoms with van der Waals surface area (Å²) in [5, 5.41) is 5.18. The lowest BCUT2D eigenvalue weighted by Crippen LogP contribution is -2.58. The summed E-state index contributed by atoms with van der Waals surface area (Å²) in [6.07, 6.45) is 13.8. The first-order valence-electron chi connectivity index (χ1n) is 20.9. The molecule has 3 bridgehead atoms. The number of methoxy groups -OCH3 is 1. The quantitative estimate of drug-likeness (QED) is 0.372. The molecule has 3 aliphatic heterocycles. The second-order valence-electron chi connectivity index (χ2n) is 16.8. The van der Waals surface area contributed by atoms with Crippen LogP contribution in [-0.4, -0.2) is 95.8 Å². The SMILES string of the molecule is COc1ccc2nc3c(nc2c1)OC1CC2C(=O)NC4(C(=O)NS(=O)(=O)C5CC5)CC4C=CCCCCCC(NC(=O)OC4CCCC4CCCCC3)C(=O)N2C1. The Hall–Kier alpha value is -4.47. The highest BCUT2D eigenvalue weighted by Crippen LogP contribution is 2.46. The van der Waals surface area contributed by atoms with Crippen LogP contribution in [0.5, 0.6) is 11.6 Å². The van der Waals surface area contributed by atoms with E-state index in [0.29, 0.717) is 66.9 Å². The van der Waals surface area contributed by atoms with E-state index in [4.69, 9.17) is 24.2 Å².